The minimum Gasteiger partial charge on any atom is -0.477 e. The summed E-state index contributed by atoms with van der Waals surface area (Å²) in [6.45, 7) is 5.57. The van der Waals surface area contributed by atoms with Gasteiger partial charge in [-0.15, -0.1) is 10.2 Å². The van der Waals surface area contributed by atoms with Gasteiger partial charge in [-0.3, -0.25) is 0 Å². The molecule has 0 aliphatic rings. The van der Waals surface area contributed by atoms with Crippen molar-refractivity contribution < 1.29 is 14.3 Å². The highest BCUT2D eigenvalue weighted by atomic mass is 32.2. The molecule has 0 aromatic carbocycles. The van der Waals surface area contributed by atoms with Gasteiger partial charge in [0.15, 0.2) is 0 Å². The molecule has 20 heavy (non-hydrogen) atoms. The fraction of sp³-hybridized carbons (Fsp3) is 0.308. The second kappa shape index (κ2) is 5.54. The molecule has 2 aromatic heterocycles. The summed E-state index contributed by atoms with van der Waals surface area (Å²) in [7, 11) is 1.94. The Morgan fingerprint density at radius 2 is 2.10 bits per heavy atom. The van der Waals surface area contributed by atoms with Crippen LogP contribution in [0.25, 0.3) is 6.08 Å². The average molecular weight is 293 g/mol. The molecule has 0 saturated heterocycles. The van der Waals surface area contributed by atoms with Crippen molar-refractivity contribution in [2.24, 2.45) is 7.05 Å². The topological polar surface area (TPSA) is 81.2 Å². The Hall–Kier alpha value is -2.02. The minimum atomic E-state index is -1.02. The molecular formula is C13H15N3O3S. The number of aryl methyl sites for hydroxylation is 2. The summed E-state index contributed by atoms with van der Waals surface area (Å²) in [4.78, 5) is 11.5. The molecule has 2 heterocycles. The second-order valence-corrected chi connectivity index (χ2v) is 5.38. The van der Waals surface area contributed by atoms with E-state index in [1.165, 1.54) is 0 Å². The lowest BCUT2D eigenvalue weighted by atomic mass is 10.2. The van der Waals surface area contributed by atoms with Crippen LogP contribution < -0.4 is 0 Å². The number of hydrogen-bond acceptors (Lipinski definition) is 5. The lowest BCUT2D eigenvalue weighted by Gasteiger charge is -2.01. The molecule has 7 heteroatoms. The highest BCUT2D eigenvalue weighted by Crippen LogP contribution is 2.28. The number of rotatable bonds is 4. The normalized spacial score (nSPS) is 11.9. The van der Waals surface area contributed by atoms with Gasteiger partial charge in [0.25, 0.3) is 5.22 Å². The maximum absolute atomic E-state index is 11.3. The van der Waals surface area contributed by atoms with Crippen LogP contribution in [0, 0.1) is 20.8 Å². The number of thioether (sulfide) groups is 1. The molecule has 0 saturated carbocycles. The van der Waals surface area contributed by atoms with Crippen LogP contribution in [0.4, 0.5) is 0 Å². The Balaban J connectivity index is 2.35. The van der Waals surface area contributed by atoms with Crippen molar-refractivity contribution in [2.75, 3.05) is 0 Å². The molecule has 2 rings (SSSR count). The van der Waals surface area contributed by atoms with Gasteiger partial charge < -0.3 is 14.1 Å². The van der Waals surface area contributed by atoms with Gasteiger partial charge >= 0.3 is 5.97 Å². The van der Waals surface area contributed by atoms with Crippen LogP contribution in [0.15, 0.2) is 20.6 Å². The third kappa shape index (κ3) is 2.93. The molecule has 0 aliphatic heterocycles. The Morgan fingerprint density at radius 1 is 1.40 bits per heavy atom. The van der Waals surface area contributed by atoms with Crippen LogP contribution in [0.3, 0.4) is 0 Å². The number of carbonyl (C=O) groups is 1. The quantitative estimate of drug-likeness (QED) is 0.689. The summed E-state index contributed by atoms with van der Waals surface area (Å²) in [6, 6.07) is 1.94. The van der Waals surface area contributed by atoms with Crippen LogP contribution in [0.5, 0.6) is 0 Å². The SMILES string of the molecule is Cc1nnc(S/C(=C\c2cc(C)n(C)c2C)C(=O)O)o1. The van der Waals surface area contributed by atoms with E-state index in [1.807, 2.05) is 31.5 Å². The zero-order valence-electron chi connectivity index (χ0n) is 11.7. The smallest absolute Gasteiger partial charge is 0.342 e. The van der Waals surface area contributed by atoms with Crippen molar-refractivity contribution in [3.63, 3.8) is 0 Å². The number of nitrogens with zero attached hydrogens (tertiary/aromatic N) is 3. The van der Waals surface area contributed by atoms with Crippen molar-refractivity contribution >= 4 is 23.8 Å². The first-order valence-electron chi connectivity index (χ1n) is 5.94. The summed E-state index contributed by atoms with van der Waals surface area (Å²) >= 11 is 0.948. The van der Waals surface area contributed by atoms with Gasteiger partial charge in [0.2, 0.25) is 5.89 Å². The van der Waals surface area contributed by atoms with E-state index in [0.29, 0.717) is 5.89 Å². The van der Waals surface area contributed by atoms with E-state index < -0.39 is 5.97 Å². The predicted molar refractivity (Wildman–Crippen MR) is 75.4 cm³/mol. The highest BCUT2D eigenvalue weighted by molar-refractivity contribution is 8.03. The molecule has 6 nitrogen and oxygen atoms in total. The molecule has 0 bridgehead atoms. The standard InChI is InChI=1S/C13H15N3O3S/c1-7-5-10(8(2)16(7)4)6-11(12(17)18)20-13-15-14-9(3)19-13/h5-6H,1-4H3,(H,17,18)/b11-6-. The first-order chi connectivity index (χ1) is 9.38. The molecule has 2 aromatic rings. The summed E-state index contributed by atoms with van der Waals surface area (Å²) in [5.74, 6) is -0.615. The van der Waals surface area contributed by atoms with Gasteiger partial charge in [0, 0.05) is 25.4 Å². The van der Waals surface area contributed by atoms with Crippen LogP contribution in [0.1, 0.15) is 22.8 Å². The van der Waals surface area contributed by atoms with Crippen LogP contribution in [0.2, 0.25) is 0 Å². The van der Waals surface area contributed by atoms with Gasteiger partial charge in [0.05, 0.1) is 0 Å². The van der Waals surface area contributed by atoms with Gasteiger partial charge in [0.1, 0.15) is 4.91 Å². The molecule has 0 radical (unpaired) electrons. The van der Waals surface area contributed by atoms with Crippen molar-refractivity contribution in [1.29, 1.82) is 0 Å². The molecule has 0 aliphatic carbocycles. The third-order valence-corrected chi connectivity index (χ3v) is 3.87. The molecule has 0 atom stereocenters. The van der Waals surface area contributed by atoms with E-state index in [9.17, 15) is 9.90 Å². The van der Waals surface area contributed by atoms with Crippen molar-refractivity contribution in [2.45, 2.75) is 26.0 Å². The minimum absolute atomic E-state index is 0.141. The number of hydrogen-bond donors (Lipinski definition) is 1. The first-order valence-corrected chi connectivity index (χ1v) is 6.76. The second-order valence-electron chi connectivity index (χ2n) is 4.39. The maximum Gasteiger partial charge on any atom is 0.342 e. The van der Waals surface area contributed by atoms with E-state index in [4.69, 9.17) is 4.42 Å². The number of carboxylic acids is 1. The summed E-state index contributed by atoms with van der Waals surface area (Å²) in [5.41, 5.74) is 2.94. The molecule has 1 N–H and O–H groups in total. The Kier molecular flexibility index (Phi) is 3.99. The molecular weight excluding hydrogens is 278 g/mol. The summed E-state index contributed by atoms with van der Waals surface area (Å²) in [6.07, 6.45) is 1.62. The molecule has 0 fully saturated rings. The van der Waals surface area contributed by atoms with Crippen LogP contribution in [-0.4, -0.2) is 25.8 Å². The average Bonchev–Trinajstić information content (AvgIpc) is 2.89. The Bertz CT molecular complexity index is 685. The highest BCUT2D eigenvalue weighted by Gasteiger charge is 2.15. The molecule has 0 amide bonds. The number of aromatic nitrogens is 3. The Labute approximate surface area is 120 Å². The summed E-state index contributed by atoms with van der Waals surface area (Å²) < 4.78 is 7.20. The zero-order chi connectivity index (χ0) is 14.9. The van der Waals surface area contributed by atoms with E-state index in [0.717, 1.165) is 28.7 Å². The number of carboxylic acid groups (broad SMARTS) is 1. The Morgan fingerprint density at radius 3 is 2.55 bits per heavy atom. The maximum atomic E-state index is 11.3. The number of aliphatic carboxylic acids is 1. The van der Waals surface area contributed by atoms with Crippen LogP contribution in [-0.2, 0) is 11.8 Å². The van der Waals surface area contributed by atoms with E-state index >= 15 is 0 Å². The van der Waals surface area contributed by atoms with E-state index in [2.05, 4.69) is 10.2 Å². The first kappa shape index (κ1) is 14.4. The van der Waals surface area contributed by atoms with Crippen molar-refractivity contribution in [1.82, 2.24) is 14.8 Å². The summed E-state index contributed by atoms with van der Waals surface area (Å²) in [5, 5.41) is 17.0. The fourth-order valence-electron chi connectivity index (χ4n) is 1.72. The lowest BCUT2D eigenvalue weighted by molar-refractivity contribution is -0.131. The van der Waals surface area contributed by atoms with Gasteiger partial charge in [-0.05, 0) is 43.3 Å². The molecule has 0 unspecified atom stereocenters. The molecule has 106 valence electrons. The van der Waals surface area contributed by atoms with Gasteiger partial charge in [-0.2, -0.15) is 0 Å². The third-order valence-electron chi connectivity index (χ3n) is 3.02. The van der Waals surface area contributed by atoms with Crippen molar-refractivity contribution in [3.8, 4) is 0 Å². The lowest BCUT2D eigenvalue weighted by Crippen LogP contribution is -1.97. The fourth-order valence-corrected chi connectivity index (χ4v) is 2.43. The van der Waals surface area contributed by atoms with E-state index in [1.54, 1.807) is 13.0 Å². The van der Waals surface area contributed by atoms with Gasteiger partial charge in [-0.1, -0.05) is 0 Å². The zero-order valence-corrected chi connectivity index (χ0v) is 12.5. The predicted octanol–water partition coefficient (Wildman–Crippen LogP) is 2.55. The monoisotopic (exact) mass is 293 g/mol. The van der Waals surface area contributed by atoms with Crippen molar-refractivity contribution in [3.05, 3.63) is 33.8 Å². The largest absolute Gasteiger partial charge is 0.477 e. The van der Waals surface area contributed by atoms with Gasteiger partial charge in [-0.25, -0.2) is 4.79 Å². The van der Waals surface area contributed by atoms with Crippen LogP contribution >= 0.6 is 11.8 Å². The van der Waals surface area contributed by atoms with E-state index in [-0.39, 0.29) is 10.1 Å². The molecule has 0 spiro atoms.